The third kappa shape index (κ3) is 2.95. The maximum Gasteiger partial charge on any atom is 0.322 e. The number of halogens is 1. The van der Waals surface area contributed by atoms with E-state index in [9.17, 15) is 9.18 Å². The average Bonchev–Trinajstić information content (AvgIpc) is 3.02. The van der Waals surface area contributed by atoms with Gasteiger partial charge in [0, 0.05) is 18.8 Å². The summed E-state index contributed by atoms with van der Waals surface area (Å²) in [6.45, 7) is 3.28. The second-order valence-electron chi connectivity index (χ2n) is 5.10. The van der Waals surface area contributed by atoms with Gasteiger partial charge >= 0.3 is 6.03 Å². The van der Waals surface area contributed by atoms with Crippen LogP contribution in [-0.4, -0.2) is 44.2 Å². The number of urea groups is 1. The maximum atomic E-state index is 14.1. The van der Waals surface area contributed by atoms with E-state index in [1.807, 2.05) is 13.0 Å². The zero-order chi connectivity index (χ0) is 15.5. The van der Waals surface area contributed by atoms with Crippen molar-refractivity contribution in [2.45, 2.75) is 13.3 Å². The minimum Gasteiger partial charge on any atom is -0.320 e. The number of benzene rings is 1. The quantitative estimate of drug-likeness (QED) is 0.861. The van der Waals surface area contributed by atoms with E-state index >= 15 is 0 Å². The van der Waals surface area contributed by atoms with Crippen LogP contribution in [0.5, 0.6) is 0 Å². The van der Waals surface area contributed by atoms with Gasteiger partial charge in [-0.2, -0.15) is 4.68 Å². The number of anilines is 1. The highest BCUT2D eigenvalue weighted by atomic mass is 19.1. The molecule has 0 saturated carbocycles. The third-order valence-corrected chi connectivity index (χ3v) is 3.52. The van der Waals surface area contributed by atoms with Gasteiger partial charge in [-0.15, -0.1) is 5.10 Å². The van der Waals surface area contributed by atoms with Crippen molar-refractivity contribution >= 4 is 11.7 Å². The number of rotatable bonds is 2. The van der Waals surface area contributed by atoms with Crippen molar-refractivity contribution in [2.75, 3.05) is 18.4 Å². The minimum absolute atomic E-state index is 0.222. The number of hydrogen-bond acceptors (Lipinski definition) is 4. The predicted molar refractivity (Wildman–Crippen MR) is 78.1 cm³/mol. The fourth-order valence-corrected chi connectivity index (χ4v) is 2.20. The van der Waals surface area contributed by atoms with Crippen molar-refractivity contribution in [3.05, 3.63) is 42.0 Å². The van der Waals surface area contributed by atoms with Crippen LogP contribution in [-0.2, 0) is 0 Å². The zero-order valence-corrected chi connectivity index (χ0v) is 12.0. The van der Waals surface area contributed by atoms with Crippen LogP contribution in [0.25, 0.3) is 5.69 Å². The van der Waals surface area contributed by atoms with E-state index in [0.29, 0.717) is 18.8 Å². The Morgan fingerprint density at radius 1 is 1.41 bits per heavy atom. The molecule has 2 heterocycles. The summed E-state index contributed by atoms with van der Waals surface area (Å²) < 4.78 is 15.3. The molecule has 0 fully saturated rings. The second kappa shape index (κ2) is 5.92. The number of hydrogen-bond donors (Lipinski definition) is 1. The first kappa shape index (κ1) is 14.2. The lowest BCUT2D eigenvalue weighted by Gasteiger charge is -2.25. The number of nitrogens with zero attached hydrogens (tertiary/aromatic N) is 5. The van der Waals surface area contributed by atoms with Gasteiger partial charge in [0.2, 0.25) is 0 Å². The van der Waals surface area contributed by atoms with Crippen LogP contribution in [0.4, 0.5) is 14.9 Å². The number of carbonyl (C=O) groups is 1. The zero-order valence-electron chi connectivity index (χ0n) is 12.0. The van der Waals surface area contributed by atoms with Gasteiger partial charge in [-0.25, -0.2) is 9.18 Å². The smallest absolute Gasteiger partial charge is 0.320 e. The summed E-state index contributed by atoms with van der Waals surface area (Å²) in [5.74, 6) is -0.514. The summed E-state index contributed by atoms with van der Waals surface area (Å²) in [7, 11) is 0. The van der Waals surface area contributed by atoms with E-state index in [1.165, 1.54) is 28.7 Å². The number of carbonyl (C=O) groups excluding carboxylic acids is 1. The number of amides is 2. The van der Waals surface area contributed by atoms with E-state index in [2.05, 4.69) is 20.8 Å². The molecule has 0 unspecified atom stereocenters. The molecule has 114 valence electrons. The van der Waals surface area contributed by atoms with Crippen molar-refractivity contribution in [1.82, 2.24) is 25.1 Å². The van der Waals surface area contributed by atoms with Gasteiger partial charge < -0.3 is 10.2 Å². The highest BCUT2D eigenvalue weighted by Crippen LogP contribution is 2.18. The number of aromatic nitrogens is 4. The van der Waals surface area contributed by atoms with Crippen molar-refractivity contribution in [3.8, 4) is 5.69 Å². The van der Waals surface area contributed by atoms with Crippen LogP contribution < -0.4 is 5.32 Å². The van der Waals surface area contributed by atoms with Crippen molar-refractivity contribution in [3.63, 3.8) is 0 Å². The summed E-state index contributed by atoms with van der Waals surface area (Å²) in [6, 6.07) is 4.14. The van der Waals surface area contributed by atoms with Crippen LogP contribution in [0.3, 0.4) is 0 Å². The molecule has 1 aromatic carbocycles. The summed E-state index contributed by atoms with van der Waals surface area (Å²) in [5.41, 5.74) is 1.89. The molecule has 22 heavy (non-hydrogen) atoms. The fraction of sp³-hybridized carbons (Fsp3) is 0.286. The van der Waals surface area contributed by atoms with Crippen LogP contribution >= 0.6 is 0 Å². The molecule has 0 aliphatic carbocycles. The first-order chi connectivity index (χ1) is 10.6. The van der Waals surface area contributed by atoms with Crippen molar-refractivity contribution < 1.29 is 9.18 Å². The normalized spacial score (nSPS) is 14.6. The first-order valence-corrected chi connectivity index (χ1v) is 6.88. The fourth-order valence-electron chi connectivity index (χ4n) is 2.20. The second-order valence-corrected chi connectivity index (χ2v) is 5.10. The lowest BCUT2D eigenvalue weighted by molar-refractivity contribution is 0.215. The molecule has 1 aliphatic rings. The van der Waals surface area contributed by atoms with E-state index in [4.69, 9.17) is 0 Å². The van der Waals surface area contributed by atoms with Gasteiger partial charge in [-0.3, -0.25) is 0 Å². The molecule has 2 aromatic rings. The first-order valence-electron chi connectivity index (χ1n) is 6.88. The topological polar surface area (TPSA) is 75.9 Å². The molecule has 0 atom stereocenters. The Balaban J connectivity index is 1.71. The lowest BCUT2D eigenvalue weighted by atomic mass is 10.1. The Bertz CT molecular complexity index is 712. The van der Waals surface area contributed by atoms with Gasteiger partial charge in [0.15, 0.2) is 5.82 Å². The molecule has 0 spiro atoms. The number of nitrogens with one attached hydrogen (secondary N) is 1. The molecule has 3 rings (SSSR count). The van der Waals surface area contributed by atoms with E-state index in [1.54, 1.807) is 11.0 Å². The van der Waals surface area contributed by atoms with Gasteiger partial charge in [0.1, 0.15) is 12.0 Å². The Morgan fingerprint density at radius 2 is 2.27 bits per heavy atom. The van der Waals surface area contributed by atoms with E-state index in [-0.39, 0.29) is 11.7 Å². The predicted octanol–water partition coefficient (Wildman–Crippen LogP) is 1.99. The van der Waals surface area contributed by atoms with Crippen molar-refractivity contribution in [1.29, 1.82) is 0 Å². The molecule has 0 bridgehead atoms. The monoisotopic (exact) mass is 302 g/mol. The molecule has 2 amide bonds. The van der Waals surface area contributed by atoms with E-state index < -0.39 is 5.82 Å². The summed E-state index contributed by atoms with van der Waals surface area (Å²) in [5, 5.41) is 13.3. The van der Waals surface area contributed by atoms with Gasteiger partial charge in [-0.05, 0) is 42.0 Å². The highest BCUT2D eigenvalue weighted by molar-refractivity contribution is 5.89. The van der Waals surface area contributed by atoms with E-state index in [0.717, 1.165) is 6.42 Å². The molecule has 7 nitrogen and oxygen atoms in total. The largest absolute Gasteiger partial charge is 0.322 e. The van der Waals surface area contributed by atoms with Crippen LogP contribution in [0.15, 0.2) is 36.2 Å². The Labute approximate surface area is 126 Å². The van der Waals surface area contributed by atoms with Crippen molar-refractivity contribution in [2.24, 2.45) is 0 Å². The minimum atomic E-state index is -0.514. The van der Waals surface area contributed by atoms with Gasteiger partial charge in [0.05, 0.1) is 0 Å². The molecule has 0 saturated heterocycles. The summed E-state index contributed by atoms with van der Waals surface area (Å²) in [4.78, 5) is 13.8. The average molecular weight is 302 g/mol. The molecule has 1 aromatic heterocycles. The molecule has 8 heteroatoms. The Morgan fingerprint density at radius 3 is 2.91 bits per heavy atom. The highest BCUT2D eigenvalue weighted by Gasteiger charge is 2.16. The molecular weight excluding hydrogens is 287 g/mol. The number of tetrazole rings is 1. The lowest BCUT2D eigenvalue weighted by Crippen LogP contribution is -2.37. The summed E-state index contributed by atoms with van der Waals surface area (Å²) in [6.07, 6.45) is 4.18. The SMILES string of the molecule is CC1=CCN(C(=O)Nc2ccc(-n3cnnn3)c(F)c2)CC1. The third-order valence-electron chi connectivity index (χ3n) is 3.52. The van der Waals surface area contributed by atoms with Crippen LogP contribution in [0, 0.1) is 5.82 Å². The van der Waals surface area contributed by atoms with Crippen LogP contribution in [0.2, 0.25) is 0 Å². The maximum absolute atomic E-state index is 14.1. The Hall–Kier alpha value is -2.77. The molecule has 1 N–H and O–H groups in total. The van der Waals surface area contributed by atoms with Gasteiger partial charge in [-0.1, -0.05) is 11.6 Å². The van der Waals surface area contributed by atoms with Gasteiger partial charge in [0.25, 0.3) is 0 Å². The summed E-state index contributed by atoms with van der Waals surface area (Å²) >= 11 is 0. The Kier molecular flexibility index (Phi) is 3.82. The molecule has 1 aliphatic heterocycles. The standard InChI is InChI=1S/C14H15FN6O/c1-10-4-6-20(7-5-10)14(22)17-11-2-3-13(12(15)8-11)21-9-16-18-19-21/h2-4,8-9H,5-7H2,1H3,(H,17,22). The molecular formula is C14H15FN6O. The van der Waals surface area contributed by atoms with Crippen LogP contribution in [0.1, 0.15) is 13.3 Å². The molecule has 0 radical (unpaired) electrons.